The topological polar surface area (TPSA) is 61.4 Å². The molecule has 156 valence electrons. The highest BCUT2D eigenvalue weighted by Gasteiger charge is 2.23. The minimum Gasteiger partial charge on any atom is -0.324 e. The first kappa shape index (κ1) is 21.3. The molecule has 0 radical (unpaired) electrons. The molecule has 3 rings (SSSR count). The first-order chi connectivity index (χ1) is 14.3. The molecule has 3 aromatic carbocycles. The number of anilines is 2. The molecule has 0 aliphatic carbocycles. The number of likely N-dealkylation sites (N-methyl/N-ethyl adjacent to an activating group) is 1. The molecule has 0 fully saturated rings. The van der Waals surface area contributed by atoms with E-state index in [-0.39, 0.29) is 12.5 Å². The average molecular weight is 415 g/mol. The summed E-state index contributed by atoms with van der Waals surface area (Å²) in [6.45, 7) is 1.40. The Balaban J connectivity index is 1.63. The lowest BCUT2D eigenvalue weighted by molar-refractivity contribution is -0.122. The molecule has 2 amide bonds. The quantitative estimate of drug-likeness (QED) is 0.595. The molecule has 3 aromatic rings. The molecule has 0 heterocycles. The van der Waals surface area contributed by atoms with E-state index in [4.69, 9.17) is 0 Å². The van der Waals surface area contributed by atoms with Crippen LogP contribution in [0.25, 0.3) is 10.8 Å². The van der Waals surface area contributed by atoms with Crippen LogP contribution in [0.4, 0.5) is 24.5 Å². The Morgan fingerprint density at radius 1 is 0.900 bits per heavy atom. The Bertz CT molecular complexity index is 1100. The molecular weight excluding hydrogens is 395 g/mol. The first-order valence-corrected chi connectivity index (χ1v) is 9.20. The second kappa shape index (κ2) is 8.96. The maximum atomic E-state index is 13.8. The largest absolute Gasteiger partial charge is 0.324 e. The van der Waals surface area contributed by atoms with Crippen molar-refractivity contribution in [2.75, 3.05) is 24.2 Å². The number of hydrogen-bond acceptors (Lipinski definition) is 3. The Morgan fingerprint density at radius 3 is 2.37 bits per heavy atom. The normalized spacial score (nSPS) is 12.1. The Morgan fingerprint density at radius 2 is 1.60 bits per heavy atom. The van der Waals surface area contributed by atoms with Gasteiger partial charge in [-0.2, -0.15) is 0 Å². The standard InChI is InChI=1S/C22H20F3N3O2/c1-13(22(30)27-18-11-10-16(23)20(24)21(18)25)28(2)12-19(29)26-17-9-5-7-14-6-3-4-8-15(14)17/h3-11,13H,12H2,1-2H3,(H,26,29)(H,27,30). The van der Waals surface area contributed by atoms with Gasteiger partial charge in [-0.15, -0.1) is 0 Å². The summed E-state index contributed by atoms with van der Waals surface area (Å²) in [6, 6.07) is 14.0. The number of halogens is 3. The molecule has 8 heteroatoms. The molecule has 30 heavy (non-hydrogen) atoms. The number of nitrogens with zero attached hydrogens (tertiary/aromatic N) is 1. The summed E-state index contributed by atoms with van der Waals surface area (Å²) in [7, 11) is 1.55. The van der Waals surface area contributed by atoms with Crippen molar-refractivity contribution >= 4 is 34.0 Å². The molecule has 0 aromatic heterocycles. The smallest absolute Gasteiger partial charge is 0.241 e. The average Bonchev–Trinajstić information content (AvgIpc) is 2.73. The van der Waals surface area contributed by atoms with Gasteiger partial charge in [-0.25, -0.2) is 13.2 Å². The highest BCUT2D eigenvalue weighted by atomic mass is 19.2. The predicted molar refractivity (Wildman–Crippen MR) is 110 cm³/mol. The van der Waals surface area contributed by atoms with Crippen LogP contribution < -0.4 is 10.6 Å². The first-order valence-electron chi connectivity index (χ1n) is 9.20. The summed E-state index contributed by atoms with van der Waals surface area (Å²) in [6.07, 6.45) is 0. The fraction of sp³-hybridized carbons (Fsp3) is 0.182. The van der Waals surface area contributed by atoms with E-state index in [1.165, 1.54) is 11.8 Å². The van der Waals surface area contributed by atoms with Gasteiger partial charge in [0.1, 0.15) is 0 Å². The van der Waals surface area contributed by atoms with E-state index in [2.05, 4.69) is 10.6 Å². The summed E-state index contributed by atoms with van der Waals surface area (Å²) < 4.78 is 40.1. The van der Waals surface area contributed by atoms with Crippen LogP contribution in [-0.4, -0.2) is 36.3 Å². The van der Waals surface area contributed by atoms with Gasteiger partial charge in [0, 0.05) is 11.1 Å². The molecular formula is C22H20F3N3O2. The van der Waals surface area contributed by atoms with Crippen LogP contribution in [0.15, 0.2) is 54.6 Å². The number of amides is 2. The van der Waals surface area contributed by atoms with E-state index >= 15 is 0 Å². The SMILES string of the molecule is CC(C(=O)Nc1ccc(F)c(F)c1F)N(C)CC(=O)Nc1cccc2ccccc12. The van der Waals surface area contributed by atoms with Gasteiger partial charge < -0.3 is 10.6 Å². The Hall–Kier alpha value is -3.39. The number of nitrogens with one attached hydrogen (secondary N) is 2. The van der Waals surface area contributed by atoms with Crippen LogP contribution in [-0.2, 0) is 9.59 Å². The fourth-order valence-electron chi connectivity index (χ4n) is 2.95. The van der Waals surface area contributed by atoms with Crippen LogP contribution >= 0.6 is 0 Å². The lowest BCUT2D eigenvalue weighted by Gasteiger charge is -2.23. The Kier molecular flexibility index (Phi) is 6.37. The number of benzene rings is 3. The molecule has 0 spiro atoms. The maximum Gasteiger partial charge on any atom is 0.241 e. The van der Waals surface area contributed by atoms with Gasteiger partial charge in [-0.3, -0.25) is 14.5 Å². The molecule has 5 nitrogen and oxygen atoms in total. The zero-order chi connectivity index (χ0) is 21.8. The molecule has 0 saturated heterocycles. The van der Waals surface area contributed by atoms with E-state index in [0.717, 1.165) is 22.9 Å². The number of rotatable bonds is 6. The maximum absolute atomic E-state index is 13.8. The van der Waals surface area contributed by atoms with Crippen LogP contribution in [0, 0.1) is 17.5 Å². The van der Waals surface area contributed by atoms with E-state index in [1.54, 1.807) is 13.1 Å². The van der Waals surface area contributed by atoms with E-state index in [9.17, 15) is 22.8 Å². The van der Waals surface area contributed by atoms with Crippen molar-refractivity contribution in [1.82, 2.24) is 4.90 Å². The number of hydrogen-bond donors (Lipinski definition) is 2. The fourth-order valence-corrected chi connectivity index (χ4v) is 2.95. The summed E-state index contributed by atoms with van der Waals surface area (Å²) >= 11 is 0. The molecule has 0 aliphatic rings. The summed E-state index contributed by atoms with van der Waals surface area (Å²) in [5.41, 5.74) is 0.173. The van der Waals surface area contributed by atoms with Crippen LogP contribution in [0.5, 0.6) is 0 Å². The van der Waals surface area contributed by atoms with Crippen LogP contribution in [0.3, 0.4) is 0 Å². The minimum absolute atomic E-state index is 0.113. The third kappa shape index (κ3) is 4.60. The number of fused-ring (bicyclic) bond motifs is 1. The van der Waals surface area contributed by atoms with Gasteiger partial charge in [0.15, 0.2) is 17.5 Å². The third-order valence-corrected chi connectivity index (χ3v) is 4.79. The van der Waals surface area contributed by atoms with Crippen molar-refractivity contribution in [3.05, 3.63) is 72.0 Å². The molecule has 2 N–H and O–H groups in total. The van der Waals surface area contributed by atoms with Crippen molar-refractivity contribution in [3.63, 3.8) is 0 Å². The van der Waals surface area contributed by atoms with Crippen LogP contribution in [0.1, 0.15) is 6.92 Å². The van der Waals surface area contributed by atoms with Gasteiger partial charge in [0.05, 0.1) is 18.3 Å². The lowest BCUT2D eigenvalue weighted by Crippen LogP contribution is -2.43. The van der Waals surface area contributed by atoms with Gasteiger partial charge in [-0.1, -0.05) is 36.4 Å². The van der Waals surface area contributed by atoms with E-state index in [1.807, 2.05) is 36.4 Å². The van der Waals surface area contributed by atoms with Gasteiger partial charge in [-0.05, 0) is 37.6 Å². The minimum atomic E-state index is -1.66. The second-order valence-electron chi connectivity index (χ2n) is 6.88. The van der Waals surface area contributed by atoms with Crippen LogP contribution in [0.2, 0.25) is 0 Å². The van der Waals surface area contributed by atoms with E-state index < -0.39 is 35.1 Å². The second-order valence-corrected chi connectivity index (χ2v) is 6.88. The number of carbonyl (C=O) groups is 2. The van der Waals surface area contributed by atoms with Crippen molar-refractivity contribution in [3.8, 4) is 0 Å². The van der Waals surface area contributed by atoms with Crippen molar-refractivity contribution in [2.24, 2.45) is 0 Å². The molecule has 0 aliphatic heterocycles. The van der Waals surface area contributed by atoms with Gasteiger partial charge in [0.25, 0.3) is 0 Å². The van der Waals surface area contributed by atoms with E-state index in [0.29, 0.717) is 5.69 Å². The third-order valence-electron chi connectivity index (χ3n) is 4.79. The van der Waals surface area contributed by atoms with Crippen molar-refractivity contribution < 1.29 is 22.8 Å². The van der Waals surface area contributed by atoms with Crippen molar-refractivity contribution in [2.45, 2.75) is 13.0 Å². The zero-order valence-electron chi connectivity index (χ0n) is 16.4. The van der Waals surface area contributed by atoms with Gasteiger partial charge in [0.2, 0.25) is 11.8 Å². The van der Waals surface area contributed by atoms with Gasteiger partial charge >= 0.3 is 0 Å². The highest BCUT2D eigenvalue weighted by Crippen LogP contribution is 2.23. The lowest BCUT2D eigenvalue weighted by atomic mass is 10.1. The van der Waals surface area contributed by atoms with Crippen molar-refractivity contribution in [1.29, 1.82) is 0 Å². The molecule has 1 unspecified atom stereocenters. The summed E-state index contributed by atoms with van der Waals surface area (Å²) in [4.78, 5) is 26.3. The predicted octanol–water partition coefficient (Wildman–Crippen LogP) is 4.15. The molecule has 0 bridgehead atoms. The highest BCUT2D eigenvalue weighted by molar-refractivity contribution is 6.03. The Labute approximate surface area is 171 Å². The molecule has 0 saturated carbocycles. The monoisotopic (exact) mass is 415 g/mol. The zero-order valence-corrected chi connectivity index (χ0v) is 16.4. The summed E-state index contributed by atoms with van der Waals surface area (Å²) in [5, 5.41) is 6.89. The molecule has 1 atom stereocenters. The number of carbonyl (C=O) groups excluding carboxylic acids is 2. The summed E-state index contributed by atoms with van der Waals surface area (Å²) in [5.74, 6) is -5.50.